The van der Waals surface area contributed by atoms with Crippen LogP contribution in [-0.4, -0.2) is 61.5 Å². The van der Waals surface area contributed by atoms with Gasteiger partial charge in [0.05, 0.1) is 0 Å². The second-order valence-electron chi connectivity index (χ2n) is 6.27. The number of nitrogens with zero attached hydrogens (tertiary/aromatic N) is 7. The third-order valence-corrected chi connectivity index (χ3v) is 4.64. The normalized spacial score (nSPS) is 14.8. The van der Waals surface area contributed by atoms with Crippen molar-refractivity contribution in [3.63, 3.8) is 0 Å². The number of para-hydroxylation sites is 1. The van der Waals surface area contributed by atoms with Crippen LogP contribution in [-0.2, 0) is 18.4 Å². The zero-order chi connectivity index (χ0) is 18.1. The summed E-state index contributed by atoms with van der Waals surface area (Å²) in [7, 11) is 1.67. The van der Waals surface area contributed by atoms with Crippen LogP contribution in [0.4, 0.5) is 5.69 Å². The monoisotopic (exact) mass is 353 g/mol. The van der Waals surface area contributed by atoms with E-state index in [2.05, 4.69) is 32.3 Å². The van der Waals surface area contributed by atoms with Gasteiger partial charge in [-0.1, -0.05) is 23.4 Å². The van der Waals surface area contributed by atoms with E-state index in [-0.39, 0.29) is 23.5 Å². The number of carbonyl (C=O) groups is 1. The fourth-order valence-electron chi connectivity index (χ4n) is 3.16. The van der Waals surface area contributed by atoms with Crippen LogP contribution in [0.3, 0.4) is 0 Å². The Labute approximate surface area is 149 Å². The van der Waals surface area contributed by atoms with Crippen LogP contribution in [0.2, 0.25) is 0 Å². The van der Waals surface area contributed by atoms with Crippen molar-refractivity contribution in [3.05, 3.63) is 47.0 Å². The molecule has 0 saturated carbocycles. The molecule has 3 aromatic rings. The molecular weight excluding hydrogens is 334 g/mol. The van der Waals surface area contributed by atoms with Gasteiger partial charge in [-0.25, -0.2) is 9.67 Å². The van der Waals surface area contributed by atoms with Gasteiger partial charge in [0.1, 0.15) is 12.9 Å². The van der Waals surface area contributed by atoms with E-state index in [1.807, 2.05) is 18.2 Å². The molecule has 0 unspecified atom stereocenters. The van der Waals surface area contributed by atoms with Crippen molar-refractivity contribution < 1.29 is 4.79 Å². The molecule has 0 aliphatic carbocycles. The van der Waals surface area contributed by atoms with Crippen LogP contribution in [0.1, 0.15) is 0 Å². The van der Waals surface area contributed by atoms with E-state index in [1.54, 1.807) is 11.9 Å². The summed E-state index contributed by atoms with van der Waals surface area (Å²) in [6.07, 6.45) is 1.38. The molecule has 2 aromatic heterocycles. The molecule has 1 aromatic carbocycles. The molecule has 1 amide bonds. The maximum Gasteiger partial charge on any atom is 0.283 e. The maximum atomic E-state index is 12.6. The second-order valence-corrected chi connectivity index (χ2v) is 6.27. The van der Waals surface area contributed by atoms with Gasteiger partial charge in [0, 0.05) is 38.9 Å². The molecule has 1 aliphatic rings. The Morgan fingerprint density at radius 2 is 1.85 bits per heavy atom. The Hall–Kier alpha value is -3.23. The maximum absolute atomic E-state index is 12.6. The molecular formula is C17H19N7O2. The first-order valence-electron chi connectivity index (χ1n) is 8.46. The number of amides is 1. The predicted octanol–water partition coefficient (Wildman–Crippen LogP) is -0.126. The van der Waals surface area contributed by atoms with Gasteiger partial charge in [-0.2, -0.15) is 0 Å². The molecule has 9 heteroatoms. The number of benzene rings is 1. The van der Waals surface area contributed by atoms with Crippen molar-refractivity contribution in [2.24, 2.45) is 7.05 Å². The van der Waals surface area contributed by atoms with Gasteiger partial charge in [-0.3, -0.25) is 14.2 Å². The summed E-state index contributed by atoms with van der Waals surface area (Å²) in [5.74, 6) is -0.0927. The van der Waals surface area contributed by atoms with E-state index in [0.29, 0.717) is 18.7 Å². The lowest BCUT2D eigenvalue weighted by molar-refractivity contribution is -0.132. The minimum Gasteiger partial charge on any atom is -0.368 e. The highest BCUT2D eigenvalue weighted by atomic mass is 16.2. The molecule has 1 aliphatic heterocycles. The van der Waals surface area contributed by atoms with Crippen LogP contribution < -0.4 is 10.5 Å². The van der Waals surface area contributed by atoms with Gasteiger partial charge < -0.3 is 9.80 Å². The van der Waals surface area contributed by atoms with E-state index >= 15 is 0 Å². The zero-order valence-electron chi connectivity index (χ0n) is 14.4. The zero-order valence-corrected chi connectivity index (χ0v) is 14.4. The third-order valence-electron chi connectivity index (χ3n) is 4.64. The van der Waals surface area contributed by atoms with Crippen LogP contribution in [0, 0.1) is 0 Å². The molecule has 1 saturated heterocycles. The first-order valence-corrected chi connectivity index (χ1v) is 8.46. The lowest BCUT2D eigenvalue weighted by atomic mass is 10.2. The van der Waals surface area contributed by atoms with Crippen molar-refractivity contribution in [2.45, 2.75) is 6.54 Å². The van der Waals surface area contributed by atoms with Crippen LogP contribution in [0.5, 0.6) is 0 Å². The largest absolute Gasteiger partial charge is 0.368 e. The molecule has 0 atom stereocenters. The minimum atomic E-state index is -0.348. The van der Waals surface area contributed by atoms with Gasteiger partial charge in [-0.05, 0) is 12.1 Å². The Kier molecular flexibility index (Phi) is 4.11. The molecule has 4 rings (SSSR count). The number of piperazine rings is 1. The number of anilines is 1. The molecule has 26 heavy (non-hydrogen) atoms. The Morgan fingerprint density at radius 3 is 2.58 bits per heavy atom. The average Bonchev–Trinajstić information content (AvgIpc) is 3.06. The first kappa shape index (κ1) is 16.2. The molecule has 1 fully saturated rings. The number of hydrogen-bond donors (Lipinski definition) is 0. The highest BCUT2D eigenvalue weighted by molar-refractivity contribution is 5.77. The van der Waals surface area contributed by atoms with Crippen molar-refractivity contribution in [1.29, 1.82) is 0 Å². The molecule has 0 bridgehead atoms. The number of carbonyl (C=O) groups excluding carboxylic acids is 1. The van der Waals surface area contributed by atoms with Crippen molar-refractivity contribution in [1.82, 2.24) is 29.4 Å². The third kappa shape index (κ3) is 2.92. The van der Waals surface area contributed by atoms with Gasteiger partial charge in [0.25, 0.3) is 5.56 Å². The van der Waals surface area contributed by atoms with E-state index < -0.39 is 0 Å². The van der Waals surface area contributed by atoms with Crippen LogP contribution in [0.25, 0.3) is 11.2 Å². The molecule has 0 N–H and O–H groups in total. The number of aryl methyl sites for hydroxylation is 1. The fourth-order valence-corrected chi connectivity index (χ4v) is 3.16. The molecule has 0 radical (unpaired) electrons. The summed E-state index contributed by atoms with van der Waals surface area (Å²) in [6.45, 7) is 2.76. The lowest BCUT2D eigenvalue weighted by Gasteiger charge is -2.36. The summed E-state index contributed by atoms with van der Waals surface area (Å²) >= 11 is 0. The lowest BCUT2D eigenvalue weighted by Crippen LogP contribution is -2.50. The Balaban J connectivity index is 1.43. The van der Waals surface area contributed by atoms with Crippen molar-refractivity contribution in [2.75, 3.05) is 31.1 Å². The SMILES string of the molecule is Cn1nnc2c(=O)n(CC(=O)N3CCN(c4ccccc4)CC3)cnc21. The number of hydrogen-bond acceptors (Lipinski definition) is 6. The number of rotatable bonds is 3. The van der Waals surface area contributed by atoms with E-state index in [4.69, 9.17) is 0 Å². The Morgan fingerprint density at radius 1 is 1.12 bits per heavy atom. The summed E-state index contributed by atoms with van der Waals surface area (Å²) in [5, 5.41) is 7.62. The van der Waals surface area contributed by atoms with Crippen molar-refractivity contribution in [3.8, 4) is 0 Å². The van der Waals surface area contributed by atoms with Gasteiger partial charge >= 0.3 is 0 Å². The Bertz CT molecular complexity index is 987. The fraction of sp³-hybridized carbons (Fsp3) is 0.353. The quantitative estimate of drug-likeness (QED) is 0.652. The van der Waals surface area contributed by atoms with E-state index in [1.165, 1.54) is 15.6 Å². The minimum absolute atomic E-state index is 0.0380. The molecule has 0 spiro atoms. The highest BCUT2D eigenvalue weighted by Gasteiger charge is 2.22. The highest BCUT2D eigenvalue weighted by Crippen LogP contribution is 2.15. The summed E-state index contributed by atoms with van der Waals surface area (Å²) in [6, 6.07) is 10.1. The molecule has 3 heterocycles. The first-order chi connectivity index (χ1) is 12.6. The van der Waals surface area contributed by atoms with Crippen LogP contribution >= 0.6 is 0 Å². The molecule has 134 valence electrons. The van der Waals surface area contributed by atoms with E-state index in [0.717, 1.165) is 18.8 Å². The average molecular weight is 353 g/mol. The van der Waals surface area contributed by atoms with E-state index in [9.17, 15) is 9.59 Å². The van der Waals surface area contributed by atoms with Gasteiger partial charge in [0.2, 0.25) is 5.91 Å². The smallest absolute Gasteiger partial charge is 0.283 e. The van der Waals surface area contributed by atoms with Gasteiger partial charge in [0.15, 0.2) is 11.2 Å². The van der Waals surface area contributed by atoms with Gasteiger partial charge in [-0.15, -0.1) is 5.10 Å². The predicted molar refractivity (Wildman–Crippen MR) is 95.8 cm³/mol. The second kappa shape index (κ2) is 6.58. The topological polar surface area (TPSA) is 89.1 Å². The molecule has 9 nitrogen and oxygen atoms in total. The summed E-state index contributed by atoms with van der Waals surface area (Å²) in [5.41, 5.74) is 1.40. The summed E-state index contributed by atoms with van der Waals surface area (Å²) < 4.78 is 2.73. The van der Waals surface area contributed by atoms with Crippen LogP contribution in [0.15, 0.2) is 41.5 Å². The van der Waals surface area contributed by atoms with Crippen molar-refractivity contribution >= 4 is 22.8 Å². The number of aromatic nitrogens is 5. The standard InChI is InChI=1S/C17H19N7O2/c1-21-16-15(19-20-21)17(26)24(12-18-16)11-14(25)23-9-7-22(8-10-23)13-5-3-2-4-6-13/h2-6,12H,7-11H2,1H3. The summed E-state index contributed by atoms with van der Waals surface area (Å²) in [4.78, 5) is 33.2. The number of fused-ring (bicyclic) bond motifs is 1.